The lowest BCUT2D eigenvalue weighted by Gasteiger charge is -2.35. The molecule has 2 aromatic carbocycles. The number of halogens is 3. The molecule has 174 valence electrons. The van der Waals surface area contributed by atoms with Gasteiger partial charge in [-0.2, -0.15) is 0 Å². The van der Waals surface area contributed by atoms with Crippen LogP contribution < -0.4 is 0 Å². The number of hydrogen-bond donors (Lipinski definition) is 0. The van der Waals surface area contributed by atoms with Gasteiger partial charge in [-0.1, -0.05) is 59.6 Å². The van der Waals surface area contributed by atoms with E-state index < -0.39 is 0 Å². The van der Waals surface area contributed by atoms with Crippen molar-refractivity contribution in [1.82, 2.24) is 14.7 Å². The Morgan fingerprint density at radius 1 is 1.00 bits per heavy atom. The van der Waals surface area contributed by atoms with Gasteiger partial charge in [-0.3, -0.25) is 14.5 Å². The summed E-state index contributed by atoms with van der Waals surface area (Å²) in [6.07, 6.45) is 0.677. The normalized spacial score (nSPS) is 15.1. The summed E-state index contributed by atoms with van der Waals surface area (Å²) in [7, 11) is 1.84. The van der Waals surface area contributed by atoms with Crippen LogP contribution in [0.2, 0.25) is 10.0 Å². The predicted molar refractivity (Wildman–Crippen MR) is 133 cm³/mol. The maximum Gasteiger partial charge on any atom is 0.230 e. The van der Waals surface area contributed by atoms with E-state index in [-0.39, 0.29) is 30.1 Å². The topological polar surface area (TPSA) is 43.9 Å². The molecule has 0 aliphatic carbocycles. The third kappa shape index (κ3) is 7.11. The molecule has 0 spiro atoms. The third-order valence-corrected chi connectivity index (χ3v) is 6.57. The number of carbonyl (C=O) groups is 2. The zero-order chi connectivity index (χ0) is 22.4. The Balaban J connectivity index is 0.00000363. The highest BCUT2D eigenvalue weighted by atomic mass is 35.5. The van der Waals surface area contributed by atoms with Crippen LogP contribution in [0.3, 0.4) is 0 Å². The summed E-state index contributed by atoms with van der Waals surface area (Å²) >= 11 is 12.4. The van der Waals surface area contributed by atoms with Crippen molar-refractivity contribution in [2.45, 2.75) is 25.8 Å². The molecule has 1 aliphatic heterocycles. The summed E-state index contributed by atoms with van der Waals surface area (Å²) in [5.74, 6) is -0.134. The van der Waals surface area contributed by atoms with Gasteiger partial charge in [0, 0.05) is 46.7 Å². The monoisotopic (exact) mass is 497 g/mol. The molecule has 0 N–H and O–H groups in total. The van der Waals surface area contributed by atoms with Crippen LogP contribution >= 0.6 is 35.6 Å². The summed E-state index contributed by atoms with van der Waals surface area (Å²) in [6, 6.07) is 15.4. The van der Waals surface area contributed by atoms with Crippen molar-refractivity contribution >= 4 is 47.4 Å². The van der Waals surface area contributed by atoms with Crippen LogP contribution in [0.4, 0.5) is 0 Å². The lowest BCUT2D eigenvalue weighted by Crippen LogP contribution is -2.48. The minimum absolute atomic E-state index is 0. The third-order valence-electron chi connectivity index (χ3n) is 5.83. The molecule has 1 fully saturated rings. The van der Waals surface area contributed by atoms with Crippen molar-refractivity contribution in [2.75, 3.05) is 39.8 Å². The van der Waals surface area contributed by atoms with Crippen LogP contribution in [0.25, 0.3) is 0 Å². The molecule has 3 rings (SSSR count). The maximum absolute atomic E-state index is 13.4. The van der Waals surface area contributed by atoms with Crippen LogP contribution in [0, 0.1) is 0 Å². The number of rotatable bonds is 7. The summed E-state index contributed by atoms with van der Waals surface area (Å²) in [6.45, 7) is 6.04. The number of hydrogen-bond acceptors (Lipinski definition) is 3. The fourth-order valence-corrected chi connectivity index (χ4v) is 4.27. The molecule has 0 radical (unpaired) electrons. The number of piperazine rings is 1. The SMILES string of the molecule is CC(=O)N1CCN(CCC(C(=O)N(C)Cc2ccccc2)c2ccc(Cl)c(Cl)c2)CC1.Cl. The van der Waals surface area contributed by atoms with Crippen molar-refractivity contribution in [3.05, 3.63) is 69.7 Å². The fourth-order valence-electron chi connectivity index (χ4n) is 3.96. The van der Waals surface area contributed by atoms with Gasteiger partial charge >= 0.3 is 0 Å². The van der Waals surface area contributed by atoms with E-state index in [4.69, 9.17) is 23.2 Å². The smallest absolute Gasteiger partial charge is 0.230 e. The summed E-state index contributed by atoms with van der Waals surface area (Å²) < 4.78 is 0. The highest BCUT2D eigenvalue weighted by Crippen LogP contribution is 2.30. The first kappa shape index (κ1) is 26.5. The zero-order valence-corrected chi connectivity index (χ0v) is 20.8. The Morgan fingerprint density at radius 2 is 1.66 bits per heavy atom. The minimum Gasteiger partial charge on any atom is -0.341 e. The first-order valence-corrected chi connectivity index (χ1v) is 11.3. The van der Waals surface area contributed by atoms with Gasteiger partial charge in [0.25, 0.3) is 0 Å². The highest BCUT2D eigenvalue weighted by Gasteiger charge is 2.26. The van der Waals surface area contributed by atoms with Crippen molar-refractivity contribution in [3.63, 3.8) is 0 Å². The van der Waals surface area contributed by atoms with Crippen molar-refractivity contribution in [2.24, 2.45) is 0 Å². The quantitative estimate of drug-likeness (QED) is 0.555. The maximum atomic E-state index is 13.4. The zero-order valence-electron chi connectivity index (χ0n) is 18.5. The number of carbonyl (C=O) groups excluding carboxylic acids is 2. The second-order valence-electron chi connectivity index (χ2n) is 8.04. The van der Waals surface area contributed by atoms with Gasteiger partial charge in [0.05, 0.1) is 16.0 Å². The number of nitrogens with zero attached hydrogens (tertiary/aromatic N) is 3. The standard InChI is InChI=1S/C24H29Cl2N3O2.ClH/c1-18(30)29-14-12-28(13-15-29)11-10-21(20-8-9-22(25)23(26)16-20)24(31)27(2)17-19-6-4-3-5-7-19;/h3-9,16,21H,10-15,17H2,1-2H3;1H. The number of benzene rings is 2. The molecule has 8 heteroatoms. The van der Waals surface area contributed by atoms with Gasteiger partial charge in [-0.15, -0.1) is 12.4 Å². The summed E-state index contributed by atoms with van der Waals surface area (Å²) in [5.41, 5.74) is 1.97. The molecule has 0 bridgehead atoms. The van der Waals surface area contributed by atoms with Gasteiger partial charge in [0.2, 0.25) is 11.8 Å². The lowest BCUT2D eigenvalue weighted by molar-refractivity contribution is -0.132. The van der Waals surface area contributed by atoms with E-state index in [1.807, 2.05) is 48.3 Å². The van der Waals surface area contributed by atoms with Gasteiger partial charge in [0.15, 0.2) is 0 Å². The van der Waals surface area contributed by atoms with Crippen molar-refractivity contribution in [3.8, 4) is 0 Å². The predicted octanol–water partition coefficient (Wildman–Crippen LogP) is 4.71. The highest BCUT2D eigenvalue weighted by molar-refractivity contribution is 6.42. The van der Waals surface area contributed by atoms with Crippen LogP contribution in [0.1, 0.15) is 30.4 Å². The van der Waals surface area contributed by atoms with E-state index in [0.29, 0.717) is 23.0 Å². The molecule has 1 unspecified atom stereocenters. The Kier molecular flexibility index (Phi) is 10.3. The number of likely N-dealkylation sites (N-methyl/N-ethyl adjacent to an activating group) is 1. The minimum atomic E-state index is -0.311. The van der Waals surface area contributed by atoms with Gasteiger partial charge in [-0.25, -0.2) is 0 Å². The first-order chi connectivity index (χ1) is 14.8. The Labute approximate surface area is 206 Å². The van der Waals surface area contributed by atoms with Crippen LogP contribution in [-0.4, -0.2) is 66.3 Å². The molecule has 1 atom stereocenters. The van der Waals surface area contributed by atoms with Crippen molar-refractivity contribution < 1.29 is 9.59 Å². The molecular weight excluding hydrogens is 469 g/mol. The summed E-state index contributed by atoms with van der Waals surface area (Å²) in [5, 5.41) is 0.937. The van der Waals surface area contributed by atoms with Crippen LogP contribution in [-0.2, 0) is 16.1 Å². The molecule has 1 heterocycles. The second-order valence-corrected chi connectivity index (χ2v) is 8.86. The van der Waals surface area contributed by atoms with Gasteiger partial charge in [-0.05, 0) is 36.2 Å². The van der Waals surface area contributed by atoms with E-state index in [9.17, 15) is 9.59 Å². The Hall–Kier alpha value is -1.79. The Morgan fingerprint density at radius 3 is 2.25 bits per heavy atom. The van der Waals surface area contributed by atoms with E-state index in [1.54, 1.807) is 24.0 Å². The molecule has 32 heavy (non-hydrogen) atoms. The molecular formula is C24H30Cl3N3O2. The molecule has 2 amide bonds. The van der Waals surface area contributed by atoms with E-state index >= 15 is 0 Å². The number of amides is 2. The summed E-state index contributed by atoms with van der Waals surface area (Å²) in [4.78, 5) is 31.0. The second kappa shape index (κ2) is 12.4. The van der Waals surface area contributed by atoms with Crippen LogP contribution in [0.15, 0.2) is 48.5 Å². The molecule has 5 nitrogen and oxygen atoms in total. The molecule has 0 aromatic heterocycles. The Bertz CT molecular complexity index is 903. The molecule has 2 aromatic rings. The first-order valence-electron chi connectivity index (χ1n) is 10.6. The van der Waals surface area contributed by atoms with Gasteiger partial charge < -0.3 is 9.80 Å². The largest absolute Gasteiger partial charge is 0.341 e. The van der Waals surface area contributed by atoms with E-state index in [0.717, 1.165) is 43.9 Å². The molecule has 1 aliphatic rings. The average Bonchev–Trinajstić information content (AvgIpc) is 2.77. The lowest BCUT2D eigenvalue weighted by atomic mass is 9.93. The fraction of sp³-hybridized carbons (Fsp3) is 0.417. The van der Waals surface area contributed by atoms with Gasteiger partial charge in [0.1, 0.15) is 0 Å². The molecule has 0 saturated carbocycles. The van der Waals surface area contributed by atoms with E-state index in [1.165, 1.54) is 0 Å². The average molecular weight is 499 g/mol. The molecule has 1 saturated heterocycles. The van der Waals surface area contributed by atoms with Crippen molar-refractivity contribution in [1.29, 1.82) is 0 Å². The van der Waals surface area contributed by atoms with Crippen LogP contribution in [0.5, 0.6) is 0 Å². The van der Waals surface area contributed by atoms with E-state index in [2.05, 4.69) is 4.90 Å².